The molecule has 2 rings (SSSR count). The number of rotatable bonds is 3. The van der Waals surface area contributed by atoms with Gasteiger partial charge >= 0.3 is 5.97 Å². The number of carbonyl (C=O) groups is 2. The van der Waals surface area contributed by atoms with Crippen LogP contribution in [0.4, 0.5) is 5.88 Å². The molecule has 5 heteroatoms. The predicted molar refractivity (Wildman–Crippen MR) is 60.4 cm³/mol. The molecule has 1 fully saturated rings. The molecule has 1 aromatic heterocycles. The topological polar surface area (TPSA) is 79.5 Å². The molecule has 5 nitrogen and oxygen atoms in total. The lowest BCUT2D eigenvalue weighted by atomic mass is 9.81. The monoisotopic (exact) mass is 237 g/mol. The Labute approximate surface area is 98.8 Å². The highest BCUT2D eigenvalue weighted by atomic mass is 16.4. The van der Waals surface area contributed by atoms with Crippen LogP contribution in [0.3, 0.4) is 0 Å². The summed E-state index contributed by atoms with van der Waals surface area (Å²) in [6.45, 7) is 0. The Hall–Kier alpha value is -1.78. The van der Waals surface area contributed by atoms with E-state index in [-0.39, 0.29) is 17.7 Å². The zero-order chi connectivity index (χ0) is 12.3. The second-order valence-electron chi connectivity index (χ2n) is 4.35. The second kappa shape index (κ2) is 5.03. The van der Waals surface area contributed by atoms with E-state index in [1.54, 1.807) is 12.1 Å². The number of aliphatic carboxylic acids is 1. The number of nitrogens with one attached hydrogen (secondary N) is 1. The summed E-state index contributed by atoms with van der Waals surface area (Å²) in [7, 11) is 0. The minimum absolute atomic E-state index is 0.0798. The van der Waals surface area contributed by atoms with Gasteiger partial charge in [-0.15, -0.1) is 0 Å². The normalized spacial score (nSPS) is 24.2. The second-order valence-corrected chi connectivity index (χ2v) is 4.35. The molecule has 1 aromatic rings. The quantitative estimate of drug-likeness (QED) is 0.843. The number of anilines is 1. The highest BCUT2D eigenvalue weighted by Gasteiger charge is 2.29. The number of furan rings is 1. The lowest BCUT2D eigenvalue weighted by molar-refractivity contribution is -0.143. The van der Waals surface area contributed by atoms with E-state index >= 15 is 0 Å². The predicted octanol–water partition coefficient (Wildman–Crippen LogP) is 2.11. The third-order valence-electron chi connectivity index (χ3n) is 3.21. The van der Waals surface area contributed by atoms with Crippen molar-refractivity contribution in [1.29, 1.82) is 0 Å². The van der Waals surface area contributed by atoms with Gasteiger partial charge in [0, 0.05) is 12.0 Å². The van der Waals surface area contributed by atoms with Crippen molar-refractivity contribution in [3.05, 3.63) is 18.4 Å². The molecule has 1 amide bonds. The first-order valence-corrected chi connectivity index (χ1v) is 5.74. The number of hydrogen-bond acceptors (Lipinski definition) is 3. The number of carboxylic acid groups (broad SMARTS) is 1. The summed E-state index contributed by atoms with van der Waals surface area (Å²) in [5, 5.41) is 11.5. The Morgan fingerprint density at radius 3 is 2.41 bits per heavy atom. The molecule has 17 heavy (non-hydrogen) atoms. The summed E-state index contributed by atoms with van der Waals surface area (Å²) in [6, 6.07) is 3.39. The molecule has 2 N–H and O–H groups in total. The molecule has 0 unspecified atom stereocenters. The summed E-state index contributed by atoms with van der Waals surface area (Å²) in [4.78, 5) is 22.6. The van der Waals surface area contributed by atoms with Crippen molar-refractivity contribution in [3.63, 3.8) is 0 Å². The molecular weight excluding hydrogens is 222 g/mol. The average Bonchev–Trinajstić information content (AvgIpc) is 2.82. The summed E-state index contributed by atoms with van der Waals surface area (Å²) in [6.07, 6.45) is 3.90. The summed E-state index contributed by atoms with van der Waals surface area (Å²) in [5.41, 5.74) is 0. The molecule has 0 aromatic carbocycles. The smallest absolute Gasteiger partial charge is 0.306 e. The number of carbonyl (C=O) groups excluding carboxylic acids is 1. The number of hydrogen-bond donors (Lipinski definition) is 2. The zero-order valence-electron chi connectivity index (χ0n) is 9.39. The maximum absolute atomic E-state index is 11.8. The van der Waals surface area contributed by atoms with Gasteiger partial charge in [0.1, 0.15) is 0 Å². The van der Waals surface area contributed by atoms with Crippen molar-refractivity contribution >= 4 is 17.8 Å². The average molecular weight is 237 g/mol. The van der Waals surface area contributed by atoms with Gasteiger partial charge in [0.15, 0.2) is 5.88 Å². The van der Waals surface area contributed by atoms with E-state index in [0.29, 0.717) is 31.6 Å². The molecule has 1 heterocycles. The van der Waals surface area contributed by atoms with Gasteiger partial charge in [0.25, 0.3) is 0 Å². The summed E-state index contributed by atoms with van der Waals surface area (Å²) < 4.78 is 5.03. The largest absolute Gasteiger partial charge is 0.481 e. The summed E-state index contributed by atoms with van der Waals surface area (Å²) >= 11 is 0. The zero-order valence-corrected chi connectivity index (χ0v) is 9.39. The maximum atomic E-state index is 11.8. The van der Waals surface area contributed by atoms with Gasteiger partial charge in [0.05, 0.1) is 12.2 Å². The van der Waals surface area contributed by atoms with Crippen LogP contribution in [0.15, 0.2) is 22.8 Å². The van der Waals surface area contributed by atoms with Crippen LogP contribution < -0.4 is 5.32 Å². The van der Waals surface area contributed by atoms with Gasteiger partial charge in [-0.25, -0.2) is 0 Å². The van der Waals surface area contributed by atoms with E-state index in [0.717, 1.165) is 0 Å². The minimum atomic E-state index is -0.755. The van der Waals surface area contributed by atoms with E-state index in [9.17, 15) is 9.59 Å². The van der Waals surface area contributed by atoms with Crippen molar-refractivity contribution in [1.82, 2.24) is 0 Å². The fourth-order valence-corrected chi connectivity index (χ4v) is 2.18. The van der Waals surface area contributed by atoms with Crippen LogP contribution in [-0.2, 0) is 9.59 Å². The van der Waals surface area contributed by atoms with Gasteiger partial charge < -0.3 is 9.52 Å². The minimum Gasteiger partial charge on any atom is -0.481 e. The molecular formula is C12H15NO4. The van der Waals surface area contributed by atoms with Crippen LogP contribution >= 0.6 is 0 Å². The fourth-order valence-electron chi connectivity index (χ4n) is 2.18. The lowest BCUT2D eigenvalue weighted by Crippen LogP contribution is -2.29. The number of amides is 1. The van der Waals surface area contributed by atoms with Crippen LogP contribution in [0.1, 0.15) is 25.7 Å². The van der Waals surface area contributed by atoms with E-state index in [1.807, 2.05) is 0 Å². The Morgan fingerprint density at radius 2 is 1.88 bits per heavy atom. The Kier molecular flexibility index (Phi) is 3.46. The maximum Gasteiger partial charge on any atom is 0.306 e. The van der Waals surface area contributed by atoms with Crippen LogP contribution in [0, 0.1) is 11.8 Å². The SMILES string of the molecule is O=C(O)C1CCC(C(=O)Nc2ccco2)CC1. The van der Waals surface area contributed by atoms with Crippen molar-refractivity contribution < 1.29 is 19.1 Å². The van der Waals surface area contributed by atoms with Gasteiger partial charge in [0.2, 0.25) is 5.91 Å². The lowest BCUT2D eigenvalue weighted by Gasteiger charge is -2.24. The molecule has 0 atom stereocenters. The Morgan fingerprint density at radius 1 is 1.24 bits per heavy atom. The fraction of sp³-hybridized carbons (Fsp3) is 0.500. The van der Waals surface area contributed by atoms with Crippen molar-refractivity contribution in [2.45, 2.75) is 25.7 Å². The molecule has 1 saturated carbocycles. The highest BCUT2D eigenvalue weighted by molar-refractivity contribution is 5.91. The first kappa shape index (κ1) is 11.7. The van der Waals surface area contributed by atoms with E-state index in [4.69, 9.17) is 9.52 Å². The van der Waals surface area contributed by atoms with Crippen molar-refractivity contribution in [3.8, 4) is 0 Å². The van der Waals surface area contributed by atoms with Crippen LogP contribution in [0.2, 0.25) is 0 Å². The van der Waals surface area contributed by atoms with Gasteiger partial charge in [-0.2, -0.15) is 0 Å². The van der Waals surface area contributed by atoms with Crippen LogP contribution in [-0.4, -0.2) is 17.0 Å². The molecule has 0 radical (unpaired) electrons. The summed E-state index contributed by atoms with van der Waals surface area (Å²) in [5.74, 6) is -0.785. The van der Waals surface area contributed by atoms with Crippen LogP contribution in [0.5, 0.6) is 0 Å². The number of carboxylic acids is 1. The third-order valence-corrected chi connectivity index (χ3v) is 3.21. The van der Waals surface area contributed by atoms with Crippen LogP contribution in [0.25, 0.3) is 0 Å². The third kappa shape index (κ3) is 2.87. The van der Waals surface area contributed by atoms with E-state index in [2.05, 4.69) is 5.32 Å². The molecule has 1 aliphatic rings. The molecule has 0 spiro atoms. The van der Waals surface area contributed by atoms with Gasteiger partial charge in [-0.1, -0.05) is 0 Å². The van der Waals surface area contributed by atoms with E-state index < -0.39 is 5.97 Å². The first-order valence-electron chi connectivity index (χ1n) is 5.74. The van der Waals surface area contributed by atoms with Gasteiger partial charge in [-0.3, -0.25) is 14.9 Å². The van der Waals surface area contributed by atoms with Crippen molar-refractivity contribution in [2.24, 2.45) is 11.8 Å². The Bertz CT molecular complexity index is 391. The highest BCUT2D eigenvalue weighted by Crippen LogP contribution is 2.29. The molecule has 0 aliphatic heterocycles. The Balaban J connectivity index is 1.84. The van der Waals surface area contributed by atoms with Crippen molar-refractivity contribution in [2.75, 3.05) is 5.32 Å². The molecule has 1 aliphatic carbocycles. The first-order chi connectivity index (χ1) is 8.16. The molecule has 0 saturated heterocycles. The van der Waals surface area contributed by atoms with Gasteiger partial charge in [-0.05, 0) is 31.7 Å². The molecule has 0 bridgehead atoms. The molecule has 92 valence electrons. The standard InChI is InChI=1S/C12H15NO4/c14-11(13-10-2-1-7-17-10)8-3-5-9(6-4-8)12(15)16/h1-2,7-9H,3-6H2,(H,13,14)(H,15,16). The van der Waals surface area contributed by atoms with E-state index in [1.165, 1.54) is 6.26 Å².